The normalized spacial score (nSPS) is 16.7. The predicted molar refractivity (Wildman–Crippen MR) is 92.6 cm³/mol. The highest BCUT2D eigenvalue weighted by atomic mass is 32.2. The number of rotatable bonds is 6. The van der Waals surface area contributed by atoms with Crippen molar-refractivity contribution < 1.29 is 22.2 Å². The van der Waals surface area contributed by atoms with E-state index in [1.54, 1.807) is 32.2 Å². The van der Waals surface area contributed by atoms with Gasteiger partial charge in [0.15, 0.2) is 5.76 Å². The lowest BCUT2D eigenvalue weighted by Gasteiger charge is -2.30. The number of carbonyl (C=O) groups is 1. The minimum Gasteiger partial charge on any atom is -0.467 e. The molecule has 0 atom stereocenters. The molecule has 2 aromatic rings. The van der Waals surface area contributed by atoms with Gasteiger partial charge in [0.25, 0.3) is 0 Å². The summed E-state index contributed by atoms with van der Waals surface area (Å²) in [4.78, 5) is 12.2. The maximum absolute atomic E-state index is 12.8. The van der Waals surface area contributed by atoms with Crippen molar-refractivity contribution in [1.82, 2.24) is 14.8 Å². The Bertz CT molecular complexity index is 830. The van der Waals surface area contributed by atoms with E-state index in [0.717, 1.165) is 0 Å². The summed E-state index contributed by atoms with van der Waals surface area (Å²) in [5.74, 6) is 1.14. The van der Waals surface area contributed by atoms with Crippen LogP contribution in [0.3, 0.4) is 0 Å². The van der Waals surface area contributed by atoms with Crippen molar-refractivity contribution in [3.63, 3.8) is 0 Å². The molecule has 3 rings (SSSR count). The molecule has 1 amide bonds. The van der Waals surface area contributed by atoms with Crippen LogP contribution >= 0.6 is 0 Å². The van der Waals surface area contributed by atoms with Gasteiger partial charge in [-0.3, -0.25) is 4.79 Å². The molecule has 0 aromatic carbocycles. The largest absolute Gasteiger partial charge is 0.467 e. The van der Waals surface area contributed by atoms with Crippen molar-refractivity contribution in [3.8, 4) is 0 Å². The van der Waals surface area contributed by atoms with Gasteiger partial charge in [-0.05, 0) is 44.7 Å². The third-order valence-electron chi connectivity index (χ3n) is 4.65. The van der Waals surface area contributed by atoms with Gasteiger partial charge in [-0.2, -0.15) is 4.31 Å². The molecule has 1 saturated heterocycles. The van der Waals surface area contributed by atoms with Crippen LogP contribution in [0.1, 0.15) is 36.5 Å². The third-order valence-corrected chi connectivity index (χ3v) is 6.80. The van der Waals surface area contributed by atoms with Gasteiger partial charge in [-0.25, -0.2) is 8.42 Å². The second kappa shape index (κ2) is 7.63. The van der Waals surface area contributed by atoms with Crippen molar-refractivity contribution >= 4 is 15.9 Å². The van der Waals surface area contributed by atoms with Gasteiger partial charge in [0.2, 0.25) is 15.9 Å². The second-order valence-electron chi connectivity index (χ2n) is 6.56. The molecule has 8 nitrogen and oxygen atoms in total. The first-order chi connectivity index (χ1) is 12.4. The molecule has 0 bridgehead atoms. The fourth-order valence-corrected chi connectivity index (χ4v) is 5.02. The molecule has 0 spiro atoms. The van der Waals surface area contributed by atoms with Crippen LogP contribution in [0.2, 0.25) is 0 Å². The van der Waals surface area contributed by atoms with E-state index in [4.69, 9.17) is 8.94 Å². The molecule has 1 fully saturated rings. The highest BCUT2D eigenvalue weighted by Gasteiger charge is 2.34. The Kier molecular flexibility index (Phi) is 5.47. The van der Waals surface area contributed by atoms with Gasteiger partial charge < -0.3 is 14.3 Å². The van der Waals surface area contributed by atoms with Crippen molar-refractivity contribution in [2.75, 3.05) is 13.1 Å². The van der Waals surface area contributed by atoms with E-state index in [9.17, 15) is 13.2 Å². The summed E-state index contributed by atoms with van der Waals surface area (Å²) >= 11 is 0. The zero-order chi connectivity index (χ0) is 18.7. The molecule has 0 saturated carbocycles. The van der Waals surface area contributed by atoms with Crippen molar-refractivity contribution in [1.29, 1.82) is 0 Å². The molecule has 1 aliphatic rings. The maximum atomic E-state index is 12.8. The summed E-state index contributed by atoms with van der Waals surface area (Å²) in [6.45, 7) is 4.37. The van der Waals surface area contributed by atoms with Crippen molar-refractivity contribution in [3.05, 3.63) is 35.6 Å². The number of amides is 1. The number of furan rings is 1. The predicted octanol–water partition coefficient (Wildman–Crippen LogP) is 1.99. The van der Waals surface area contributed by atoms with E-state index >= 15 is 0 Å². The zero-order valence-corrected chi connectivity index (χ0v) is 15.7. The number of hydrogen-bond donors (Lipinski definition) is 1. The third kappa shape index (κ3) is 3.99. The van der Waals surface area contributed by atoms with Crippen molar-refractivity contribution in [2.45, 2.75) is 44.6 Å². The monoisotopic (exact) mass is 381 g/mol. The fraction of sp³-hybridized carbons (Fsp3) is 0.529. The lowest BCUT2D eigenvalue weighted by molar-refractivity contribution is -0.122. The SMILES string of the molecule is Cc1noc(C)c1S(=O)(=O)N1CCC(CC(=O)NCc2ccco2)CC1. The quantitative estimate of drug-likeness (QED) is 0.820. The molecule has 0 radical (unpaired) electrons. The minimum absolute atomic E-state index is 0.0477. The second-order valence-corrected chi connectivity index (χ2v) is 8.44. The average Bonchev–Trinajstić information content (AvgIpc) is 3.23. The van der Waals surface area contributed by atoms with E-state index in [1.807, 2.05) is 0 Å². The summed E-state index contributed by atoms with van der Waals surface area (Å²) in [5.41, 5.74) is 0.377. The standard InChI is InChI=1S/C17H23N3O5S/c1-12-17(13(2)25-19-12)26(22,23)20-7-5-14(6-8-20)10-16(21)18-11-15-4-3-9-24-15/h3-4,9,14H,5-8,10-11H2,1-2H3,(H,18,21). The maximum Gasteiger partial charge on any atom is 0.248 e. The molecule has 142 valence electrons. The number of piperidine rings is 1. The van der Waals surface area contributed by atoms with Crippen LogP contribution < -0.4 is 5.32 Å². The van der Waals surface area contributed by atoms with Gasteiger partial charge in [0.1, 0.15) is 16.3 Å². The summed E-state index contributed by atoms with van der Waals surface area (Å²) in [7, 11) is -3.61. The Morgan fingerprint density at radius 2 is 2.08 bits per heavy atom. The van der Waals surface area contributed by atoms with E-state index in [2.05, 4.69) is 10.5 Å². The summed E-state index contributed by atoms with van der Waals surface area (Å²) < 4.78 is 37.2. The molecule has 2 aromatic heterocycles. The molecule has 1 N–H and O–H groups in total. The molecule has 26 heavy (non-hydrogen) atoms. The number of hydrogen-bond acceptors (Lipinski definition) is 6. The highest BCUT2D eigenvalue weighted by Crippen LogP contribution is 2.28. The number of aryl methyl sites for hydroxylation is 2. The first-order valence-electron chi connectivity index (χ1n) is 8.60. The smallest absolute Gasteiger partial charge is 0.248 e. The Morgan fingerprint density at radius 3 is 2.65 bits per heavy atom. The Balaban J connectivity index is 1.52. The molecular weight excluding hydrogens is 358 g/mol. The Morgan fingerprint density at radius 1 is 1.35 bits per heavy atom. The van der Waals surface area contributed by atoms with E-state index in [-0.39, 0.29) is 16.7 Å². The molecule has 0 aliphatic carbocycles. The average molecular weight is 381 g/mol. The topological polar surface area (TPSA) is 106 Å². The van der Waals surface area contributed by atoms with E-state index in [1.165, 1.54) is 4.31 Å². The van der Waals surface area contributed by atoms with E-state index in [0.29, 0.717) is 56.1 Å². The Labute approximate surface area is 152 Å². The van der Waals surface area contributed by atoms with Gasteiger partial charge >= 0.3 is 0 Å². The van der Waals surface area contributed by atoms with Crippen LogP contribution in [-0.2, 0) is 21.4 Å². The van der Waals surface area contributed by atoms with Crippen LogP contribution in [-0.4, -0.2) is 36.9 Å². The van der Waals surface area contributed by atoms with Crippen LogP contribution in [0.4, 0.5) is 0 Å². The van der Waals surface area contributed by atoms with Crippen LogP contribution in [0.15, 0.2) is 32.2 Å². The molecule has 9 heteroatoms. The van der Waals surface area contributed by atoms with Gasteiger partial charge in [-0.1, -0.05) is 5.16 Å². The number of nitrogens with one attached hydrogen (secondary N) is 1. The zero-order valence-electron chi connectivity index (χ0n) is 14.9. The molecule has 0 unspecified atom stereocenters. The first kappa shape index (κ1) is 18.7. The molecule has 3 heterocycles. The highest BCUT2D eigenvalue weighted by molar-refractivity contribution is 7.89. The van der Waals surface area contributed by atoms with Crippen molar-refractivity contribution in [2.24, 2.45) is 5.92 Å². The summed E-state index contributed by atoms with van der Waals surface area (Å²) in [5, 5.41) is 6.56. The van der Waals surface area contributed by atoms with Gasteiger partial charge in [-0.15, -0.1) is 0 Å². The first-order valence-corrected chi connectivity index (χ1v) is 10.0. The number of sulfonamides is 1. The molecular formula is C17H23N3O5S. The fourth-order valence-electron chi connectivity index (χ4n) is 3.26. The van der Waals surface area contributed by atoms with Gasteiger partial charge in [0.05, 0.1) is 12.8 Å². The lowest BCUT2D eigenvalue weighted by atomic mass is 9.94. The summed E-state index contributed by atoms with van der Waals surface area (Å²) in [6, 6.07) is 3.58. The summed E-state index contributed by atoms with van der Waals surface area (Å²) in [6.07, 6.45) is 3.25. The van der Waals surface area contributed by atoms with Crippen LogP contribution in [0, 0.1) is 19.8 Å². The van der Waals surface area contributed by atoms with Crippen LogP contribution in [0.5, 0.6) is 0 Å². The van der Waals surface area contributed by atoms with E-state index < -0.39 is 10.0 Å². The Hall–Kier alpha value is -2.13. The van der Waals surface area contributed by atoms with Crippen LogP contribution in [0.25, 0.3) is 0 Å². The lowest BCUT2D eigenvalue weighted by Crippen LogP contribution is -2.39. The minimum atomic E-state index is -3.61. The number of aromatic nitrogens is 1. The number of nitrogens with zero attached hydrogens (tertiary/aromatic N) is 2. The number of carbonyl (C=O) groups excluding carboxylic acids is 1. The molecule has 1 aliphatic heterocycles. The van der Waals surface area contributed by atoms with Gasteiger partial charge in [0, 0.05) is 19.5 Å².